The van der Waals surface area contributed by atoms with Crippen molar-refractivity contribution in [3.05, 3.63) is 74.8 Å². The Morgan fingerprint density at radius 3 is 2.39 bits per heavy atom. The minimum atomic E-state index is -0.479. The Balaban J connectivity index is 2.42. The van der Waals surface area contributed by atoms with Gasteiger partial charge in [0.2, 0.25) is 0 Å². The summed E-state index contributed by atoms with van der Waals surface area (Å²) in [5, 5.41) is 11.1. The van der Waals surface area contributed by atoms with E-state index in [0.717, 1.165) is 5.56 Å². The number of nitro groups is 1. The maximum absolute atomic E-state index is 10.8. The molecule has 0 aliphatic rings. The highest BCUT2D eigenvalue weighted by atomic mass is 35.5. The first-order valence-corrected chi connectivity index (χ1v) is 5.71. The van der Waals surface area contributed by atoms with Crippen LogP contribution in [0.25, 0.3) is 0 Å². The van der Waals surface area contributed by atoms with E-state index in [1.165, 1.54) is 12.1 Å². The monoisotopic (exact) mass is 262 g/mol. The standard InChI is InChI=1S/C13H11ClN2O2/c14-11-6-10(7-12(8-11)16(17)18)13(15)9-4-2-1-3-5-9/h1-8,13H,15H2. The normalized spacial score (nSPS) is 12.1. The summed E-state index contributed by atoms with van der Waals surface area (Å²) < 4.78 is 0. The van der Waals surface area contributed by atoms with Gasteiger partial charge in [-0.2, -0.15) is 0 Å². The van der Waals surface area contributed by atoms with E-state index in [-0.39, 0.29) is 5.69 Å². The number of hydrogen-bond acceptors (Lipinski definition) is 3. The minimum absolute atomic E-state index is 0.0520. The molecule has 18 heavy (non-hydrogen) atoms. The summed E-state index contributed by atoms with van der Waals surface area (Å²) in [6.45, 7) is 0. The topological polar surface area (TPSA) is 69.2 Å². The SMILES string of the molecule is NC(c1ccccc1)c1cc(Cl)cc([N+](=O)[O-])c1. The zero-order valence-electron chi connectivity index (χ0n) is 9.42. The lowest BCUT2D eigenvalue weighted by Crippen LogP contribution is -2.11. The summed E-state index contributed by atoms with van der Waals surface area (Å²) in [6.07, 6.45) is 0. The molecule has 0 bridgehead atoms. The molecule has 0 amide bonds. The third kappa shape index (κ3) is 2.67. The smallest absolute Gasteiger partial charge is 0.271 e. The summed E-state index contributed by atoms with van der Waals surface area (Å²) in [4.78, 5) is 10.3. The van der Waals surface area contributed by atoms with E-state index in [4.69, 9.17) is 17.3 Å². The van der Waals surface area contributed by atoms with Crippen LogP contribution in [0.15, 0.2) is 48.5 Å². The number of benzene rings is 2. The Morgan fingerprint density at radius 2 is 1.78 bits per heavy atom. The van der Waals surface area contributed by atoms with Gasteiger partial charge in [0.15, 0.2) is 0 Å². The van der Waals surface area contributed by atoms with E-state index >= 15 is 0 Å². The van der Waals surface area contributed by atoms with E-state index in [9.17, 15) is 10.1 Å². The van der Waals surface area contributed by atoms with Crippen molar-refractivity contribution in [1.29, 1.82) is 0 Å². The number of nitro benzene ring substituents is 1. The Bertz CT molecular complexity index is 572. The van der Waals surface area contributed by atoms with Crippen LogP contribution in [0, 0.1) is 10.1 Å². The van der Waals surface area contributed by atoms with Crippen LogP contribution in [0.4, 0.5) is 5.69 Å². The van der Waals surface area contributed by atoms with Gasteiger partial charge in [-0.25, -0.2) is 0 Å². The Hall–Kier alpha value is -1.91. The van der Waals surface area contributed by atoms with Crippen molar-refractivity contribution < 1.29 is 4.92 Å². The van der Waals surface area contributed by atoms with Gasteiger partial charge < -0.3 is 5.73 Å². The van der Waals surface area contributed by atoms with Gasteiger partial charge in [0.1, 0.15) is 0 Å². The second-order valence-corrected chi connectivity index (χ2v) is 4.32. The van der Waals surface area contributed by atoms with Gasteiger partial charge >= 0.3 is 0 Å². The molecule has 0 saturated carbocycles. The predicted octanol–water partition coefficient (Wildman–Crippen LogP) is 3.30. The third-order valence-corrected chi connectivity index (χ3v) is 2.85. The molecule has 2 N–H and O–H groups in total. The largest absolute Gasteiger partial charge is 0.320 e. The number of hydrogen-bond donors (Lipinski definition) is 1. The zero-order chi connectivity index (χ0) is 13.1. The molecule has 0 spiro atoms. The Labute approximate surface area is 109 Å². The van der Waals surface area contributed by atoms with Crippen molar-refractivity contribution in [2.45, 2.75) is 6.04 Å². The van der Waals surface area contributed by atoms with Crippen LogP contribution >= 0.6 is 11.6 Å². The molecule has 0 aromatic heterocycles. The van der Waals surface area contributed by atoms with E-state index in [1.54, 1.807) is 6.07 Å². The molecule has 2 aromatic carbocycles. The molecule has 0 aliphatic carbocycles. The van der Waals surface area contributed by atoms with Crippen molar-refractivity contribution in [3.8, 4) is 0 Å². The van der Waals surface area contributed by atoms with Crippen LogP contribution in [0.2, 0.25) is 5.02 Å². The molecule has 0 radical (unpaired) electrons. The first-order chi connectivity index (χ1) is 8.58. The average molecular weight is 263 g/mol. The molecule has 0 saturated heterocycles. The van der Waals surface area contributed by atoms with Crippen LogP contribution < -0.4 is 5.73 Å². The maximum Gasteiger partial charge on any atom is 0.271 e. The van der Waals surface area contributed by atoms with Gasteiger partial charge in [0.25, 0.3) is 5.69 Å². The van der Waals surface area contributed by atoms with Gasteiger partial charge in [0.05, 0.1) is 11.0 Å². The van der Waals surface area contributed by atoms with Crippen LogP contribution in [0.3, 0.4) is 0 Å². The Kier molecular flexibility index (Phi) is 3.60. The van der Waals surface area contributed by atoms with Gasteiger partial charge in [-0.15, -0.1) is 0 Å². The second kappa shape index (κ2) is 5.16. The van der Waals surface area contributed by atoms with Crippen molar-refractivity contribution in [3.63, 3.8) is 0 Å². The van der Waals surface area contributed by atoms with Crippen molar-refractivity contribution >= 4 is 17.3 Å². The lowest BCUT2D eigenvalue weighted by Gasteiger charge is -2.12. The van der Waals surface area contributed by atoms with Gasteiger partial charge in [-0.05, 0) is 17.2 Å². The number of nitrogens with two attached hydrogens (primary N) is 1. The van der Waals surface area contributed by atoms with Crippen LogP contribution in [-0.4, -0.2) is 4.92 Å². The quantitative estimate of drug-likeness (QED) is 0.682. The molecule has 5 heteroatoms. The highest BCUT2D eigenvalue weighted by Crippen LogP contribution is 2.27. The Morgan fingerprint density at radius 1 is 1.11 bits per heavy atom. The fourth-order valence-electron chi connectivity index (χ4n) is 1.73. The first-order valence-electron chi connectivity index (χ1n) is 5.33. The molecule has 1 unspecified atom stereocenters. The third-order valence-electron chi connectivity index (χ3n) is 2.63. The molecule has 92 valence electrons. The van der Waals surface area contributed by atoms with E-state index in [1.807, 2.05) is 30.3 Å². The molecule has 2 aromatic rings. The fraction of sp³-hybridized carbons (Fsp3) is 0.0769. The number of non-ortho nitro benzene ring substituents is 1. The molecule has 1 atom stereocenters. The molecule has 4 nitrogen and oxygen atoms in total. The molecular weight excluding hydrogens is 252 g/mol. The number of halogens is 1. The van der Waals surface area contributed by atoms with Gasteiger partial charge in [-0.3, -0.25) is 10.1 Å². The van der Waals surface area contributed by atoms with Crippen LogP contribution in [-0.2, 0) is 0 Å². The maximum atomic E-state index is 10.8. The molecule has 0 aliphatic heterocycles. The highest BCUT2D eigenvalue weighted by molar-refractivity contribution is 6.30. The average Bonchev–Trinajstić information content (AvgIpc) is 2.38. The summed E-state index contributed by atoms with van der Waals surface area (Å²) in [6, 6.07) is 13.3. The molecule has 0 fully saturated rings. The summed E-state index contributed by atoms with van der Waals surface area (Å²) in [5.41, 5.74) is 7.53. The molecular formula is C13H11ClN2O2. The van der Waals surface area contributed by atoms with E-state index in [2.05, 4.69) is 0 Å². The van der Waals surface area contributed by atoms with Crippen molar-refractivity contribution in [1.82, 2.24) is 0 Å². The number of nitrogens with zero attached hydrogens (tertiary/aromatic N) is 1. The lowest BCUT2D eigenvalue weighted by atomic mass is 9.99. The zero-order valence-corrected chi connectivity index (χ0v) is 10.2. The predicted molar refractivity (Wildman–Crippen MR) is 70.6 cm³/mol. The first kappa shape index (κ1) is 12.5. The van der Waals surface area contributed by atoms with Crippen LogP contribution in [0.1, 0.15) is 17.2 Å². The van der Waals surface area contributed by atoms with Crippen LogP contribution in [0.5, 0.6) is 0 Å². The summed E-state index contributed by atoms with van der Waals surface area (Å²) in [5.74, 6) is 0. The minimum Gasteiger partial charge on any atom is -0.320 e. The number of rotatable bonds is 3. The lowest BCUT2D eigenvalue weighted by molar-refractivity contribution is -0.384. The van der Waals surface area contributed by atoms with Gasteiger partial charge in [0, 0.05) is 17.2 Å². The van der Waals surface area contributed by atoms with Crippen molar-refractivity contribution in [2.24, 2.45) is 5.73 Å². The molecule has 0 heterocycles. The second-order valence-electron chi connectivity index (χ2n) is 3.89. The van der Waals surface area contributed by atoms with Gasteiger partial charge in [-0.1, -0.05) is 41.9 Å². The highest BCUT2D eigenvalue weighted by Gasteiger charge is 2.14. The molecule has 2 rings (SSSR count). The summed E-state index contributed by atoms with van der Waals surface area (Å²) in [7, 11) is 0. The fourth-order valence-corrected chi connectivity index (χ4v) is 1.97. The van der Waals surface area contributed by atoms with E-state index in [0.29, 0.717) is 10.6 Å². The van der Waals surface area contributed by atoms with E-state index < -0.39 is 11.0 Å². The summed E-state index contributed by atoms with van der Waals surface area (Å²) >= 11 is 5.87. The van der Waals surface area contributed by atoms with Crippen molar-refractivity contribution in [2.75, 3.05) is 0 Å².